The molecule has 16 heavy (non-hydrogen) atoms. The third kappa shape index (κ3) is 1.64. The fraction of sp³-hybridized carbons (Fsp3) is 0.500. The first kappa shape index (κ1) is 9.63. The predicted molar refractivity (Wildman–Crippen MR) is 63.7 cm³/mol. The maximum Gasteiger partial charge on any atom is 0.154 e. The van der Waals surface area contributed by atoms with Gasteiger partial charge in [0.15, 0.2) is 5.82 Å². The molecule has 3 rings (SSSR count). The molecule has 0 unspecified atom stereocenters. The second kappa shape index (κ2) is 3.47. The lowest BCUT2D eigenvalue weighted by molar-refractivity contribution is 0.775. The standard InChI is InChI=1S/C12H16N4/c1-9-7-11-12(13-5-6-16(11)14-9)15(2)8-10-3-4-10/h5-7,10H,3-4,8H2,1-2H3. The van der Waals surface area contributed by atoms with Crippen molar-refractivity contribution < 1.29 is 0 Å². The molecule has 0 bridgehead atoms. The quantitative estimate of drug-likeness (QED) is 0.785. The molecule has 0 amide bonds. The second-order valence-electron chi connectivity index (χ2n) is 4.69. The average Bonchev–Trinajstić information content (AvgIpc) is 2.96. The van der Waals surface area contributed by atoms with Crippen molar-refractivity contribution in [2.45, 2.75) is 19.8 Å². The lowest BCUT2D eigenvalue weighted by Gasteiger charge is -2.18. The highest BCUT2D eigenvalue weighted by molar-refractivity contribution is 5.68. The molecule has 4 nitrogen and oxygen atoms in total. The summed E-state index contributed by atoms with van der Waals surface area (Å²) in [5.74, 6) is 1.91. The molecule has 0 aromatic carbocycles. The molecule has 84 valence electrons. The summed E-state index contributed by atoms with van der Waals surface area (Å²) in [4.78, 5) is 6.71. The zero-order chi connectivity index (χ0) is 11.1. The fourth-order valence-electron chi connectivity index (χ4n) is 2.10. The summed E-state index contributed by atoms with van der Waals surface area (Å²) < 4.78 is 1.90. The van der Waals surface area contributed by atoms with E-state index in [4.69, 9.17) is 0 Å². The number of aryl methyl sites for hydroxylation is 1. The molecule has 0 spiro atoms. The van der Waals surface area contributed by atoms with E-state index in [0.29, 0.717) is 0 Å². The van der Waals surface area contributed by atoms with Gasteiger partial charge in [0.1, 0.15) is 5.52 Å². The molecule has 4 heteroatoms. The summed E-state index contributed by atoms with van der Waals surface area (Å²) >= 11 is 0. The summed E-state index contributed by atoms with van der Waals surface area (Å²) in [5.41, 5.74) is 2.14. The Balaban J connectivity index is 2.00. The molecule has 0 saturated heterocycles. The van der Waals surface area contributed by atoms with Gasteiger partial charge in [0.05, 0.1) is 5.69 Å². The SMILES string of the molecule is Cc1cc2c(N(C)CC3CC3)nccn2n1. The van der Waals surface area contributed by atoms with Crippen molar-refractivity contribution in [3.8, 4) is 0 Å². The Kier molecular flexibility index (Phi) is 2.09. The van der Waals surface area contributed by atoms with Crippen molar-refractivity contribution in [2.75, 3.05) is 18.5 Å². The molecule has 0 aliphatic heterocycles. The molecule has 2 aromatic rings. The van der Waals surface area contributed by atoms with Crippen LogP contribution in [-0.4, -0.2) is 28.2 Å². The third-order valence-electron chi connectivity index (χ3n) is 3.08. The number of fused-ring (bicyclic) bond motifs is 1. The summed E-state index contributed by atoms with van der Waals surface area (Å²) in [7, 11) is 2.11. The minimum absolute atomic E-state index is 0.871. The van der Waals surface area contributed by atoms with Gasteiger partial charge in [0.2, 0.25) is 0 Å². The molecule has 0 N–H and O–H groups in total. The average molecular weight is 216 g/mol. The zero-order valence-corrected chi connectivity index (χ0v) is 9.72. The monoisotopic (exact) mass is 216 g/mol. The molecular weight excluding hydrogens is 200 g/mol. The van der Waals surface area contributed by atoms with Crippen molar-refractivity contribution in [3.05, 3.63) is 24.2 Å². The van der Waals surface area contributed by atoms with Crippen LogP contribution in [0.25, 0.3) is 5.52 Å². The van der Waals surface area contributed by atoms with Crippen molar-refractivity contribution in [2.24, 2.45) is 5.92 Å². The Morgan fingerprint density at radius 2 is 2.31 bits per heavy atom. The Labute approximate surface area is 94.9 Å². The number of rotatable bonds is 3. The van der Waals surface area contributed by atoms with E-state index in [9.17, 15) is 0 Å². The van der Waals surface area contributed by atoms with Crippen molar-refractivity contribution >= 4 is 11.3 Å². The van der Waals surface area contributed by atoms with Crippen LogP contribution in [0.3, 0.4) is 0 Å². The summed E-state index contributed by atoms with van der Waals surface area (Å²) in [6.07, 6.45) is 6.45. The van der Waals surface area contributed by atoms with Gasteiger partial charge in [-0.1, -0.05) is 0 Å². The van der Waals surface area contributed by atoms with E-state index in [0.717, 1.165) is 29.5 Å². The van der Waals surface area contributed by atoms with E-state index in [1.807, 2.05) is 23.8 Å². The lowest BCUT2D eigenvalue weighted by Crippen LogP contribution is -2.21. The molecule has 1 fully saturated rings. The first-order valence-corrected chi connectivity index (χ1v) is 5.76. The highest BCUT2D eigenvalue weighted by atomic mass is 15.3. The van der Waals surface area contributed by atoms with Gasteiger partial charge in [0, 0.05) is 26.0 Å². The largest absolute Gasteiger partial charge is 0.358 e. The van der Waals surface area contributed by atoms with E-state index in [2.05, 4.69) is 28.1 Å². The molecule has 2 heterocycles. The topological polar surface area (TPSA) is 33.4 Å². The minimum atomic E-state index is 0.871. The number of hydrogen-bond donors (Lipinski definition) is 0. The Morgan fingerprint density at radius 1 is 1.50 bits per heavy atom. The number of aromatic nitrogens is 3. The number of anilines is 1. The Morgan fingerprint density at radius 3 is 3.06 bits per heavy atom. The smallest absolute Gasteiger partial charge is 0.154 e. The van der Waals surface area contributed by atoms with Crippen LogP contribution in [0.1, 0.15) is 18.5 Å². The zero-order valence-electron chi connectivity index (χ0n) is 9.72. The van der Waals surface area contributed by atoms with Crippen LogP contribution in [0.5, 0.6) is 0 Å². The Bertz CT molecular complexity index is 513. The number of hydrogen-bond acceptors (Lipinski definition) is 3. The van der Waals surface area contributed by atoms with E-state index < -0.39 is 0 Å². The minimum Gasteiger partial charge on any atom is -0.358 e. The molecule has 1 aliphatic rings. The van der Waals surface area contributed by atoms with Gasteiger partial charge in [-0.25, -0.2) is 9.50 Å². The molecular formula is C12H16N4. The molecule has 2 aromatic heterocycles. The van der Waals surface area contributed by atoms with Crippen molar-refractivity contribution in [3.63, 3.8) is 0 Å². The first-order chi connectivity index (χ1) is 7.74. The first-order valence-electron chi connectivity index (χ1n) is 5.76. The molecule has 0 atom stereocenters. The van der Waals surface area contributed by atoms with Gasteiger partial charge < -0.3 is 4.90 Å². The molecule has 1 aliphatic carbocycles. The number of nitrogens with zero attached hydrogens (tertiary/aromatic N) is 4. The summed E-state index contributed by atoms with van der Waals surface area (Å²) in [5, 5.41) is 4.40. The van der Waals surface area contributed by atoms with Gasteiger partial charge in [-0.05, 0) is 31.7 Å². The van der Waals surface area contributed by atoms with E-state index in [-0.39, 0.29) is 0 Å². The highest BCUT2D eigenvalue weighted by Crippen LogP contribution is 2.31. The highest BCUT2D eigenvalue weighted by Gasteiger charge is 2.24. The lowest BCUT2D eigenvalue weighted by atomic mass is 10.3. The molecule has 1 saturated carbocycles. The second-order valence-corrected chi connectivity index (χ2v) is 4.69. The third-order valence-corrected chi connectivity index (χ3v) is 3.08. The fourth-order valence-corrected chi connectivity index (χ4v) is 2.10. The van der Waals surface area contributed by atoms with Crippen LogP contribution in [-0.2, 0) is 0 Å². The van der Waals surface area contributed by atoms with Gasteiger partial charge >= 0.3 is 0 Å². The van der Waals surface area contributed by atoms with Crippen molar-refractivity contribution in [1.82, 2.24) is 14.6 Å². The van der Waals surface area contributed by atoms with E-state index in [1.54, 1.807) is 0 Å². The van der Waals surface area contributed by atoms with Crippen LogP contribution in [0.2, 0.25) is 0 Å². The van der Waals surface area contributed by atoms with Gasteiger partial charge in [0.25, 0.3) is 0 Å². The summed E-state index contributed by atoms with van der Waals surface area (Å²) in [6.45, 7) is 3.12. The van der Waals surface area contributed by atoms with Crippen LogP contribution >= 0.6 is 0 Å². The van der Waals surface area contributed by atoms with Crippen molar-refractivity contribution in [1.29, 1.82) is 0 Å². The van der Waals surface area contributed by atoms with Crippen LogP contribution in [0, 0.1) is 12.8 Å². The van der Waals surface area contributed by atoms with Crippen LogP contribution < -0.4 is 4.90 Å². The normalized spacial score (nSPS) is 15.6. The maximum atomic E-state index is 4.47. The van der Waals surface area contributed by atoms with Crippen LogP contribution in [0.4, 0.5) is 5.82 Å². The maximum absolute atomic E-state index is 4.47. The van der Waals surface area contributed by atoms with E-state index in [1.165, 1.54) is 12.8 Å². The molecule has 0 radical (unpaired) electrons. The van der Waals surface area contributed by atoms with Gasteiger partial charge in [-0.3, -0.25) is 0 Å². The van der Waals surface area contributed by atoms with Crippen LogP contribution in [0.15, 0.2) is 18.5 Å². The van der Waals surface area contributed by atoms with E-state index >= 15 is 0 Å². The predicted octanol–water partition coefficient (Wildman–Crippen LogP) is 1.88. The summed E-state index contributed by atoms with van der Waals surface area (Å²) in [6, 6.07) is 2.09. The Hall–Kier alpha value is -1.58. The van der Waals surface area contributed by atoms with Gasteiger partial charge in [-0.2, -0.15) is 5.10 Å². The van der Waals surface area contributed by atoms with Gasteiger partial charge in [-0.15, -0.1) is 0 Å².